The van der Waals surface area contributed by atoms with Crippen LogP contribution in [0.25, 0.3) is 0 Å². The van der Waals surface area contributed by atoms with Crippen molar-refractivity contribution in [1.29, 1.82) is 0 Å². The zero-order chi connectivity index (χ0) is 21.2. The Morgan fingerprint density at radius 2 is 2.13 bits per heavy atom. The number of rotatable bonds is 8. The molecule has 1 atom stereocenters. The summed E-state index contributed by atoms with van der Waals surface area (Å²) < 4.78 is 5.55. The van der Waals surface area contributed by atoms with E-state index in [1.807, 2.05) is 30.3 Å². The van der Waals surface area contributed by atoms with Crippen LogP contribution in [0.4, 0.5) is 0 Å². The van der Waals surface area contributed by atoms with Crippen molar-refractivity contribution < 1.29 is 9.53 Å². The van der Waals surface area contributed by atoms with Crippen molar-refractivity contribution in [1.82, 2.24) is 20.9 Å². The normalized spacial score (nSPS) is 16.3. The Hall–Kier alpha value is -2.64. The van der Waals surface area contributed by atoms with Crippen LogP contribution in [0.3, 0.4) is 0 Å². The first-order valence-electron chi connectivity index (χ1n) is 10.2. The first kappa shape index (κ1) is 22.1. The summed E-state index contributed by atoms with van der Waals surface area (Å²) >= 11 is 5.81. The maximum absolute atomic E-state index is 12.4. The van der Waals surface area contributed by atoms with Gasteiger partial charge in [0.2, 0.25) is 0 Å². The minimum absolute atomic E-state index is 0.0774. The summed E-state index contributed by atoms with van der Waals surface area (Å²) in [6, 6.07) is 11.3. The highest BCUT2D eigenvalue weighted by molar-refractivity contribution is 6.29. The molecule has 2 aromatic rings. The molecular weight excluding hydrogens is 402 g/mol. The molecule has 7 nitrogen and oxygen atoms in total. The number of guanidine groups is 1. The zero-order valence-corrected chi connectivity index (χ0v) is 17.9. The van der Waals surface area contributed by atoms with Gasteiger partial charge in [-0.25, -0.2) is 4.98 Å². The second-order valence-electron chi connectivity index (χ2n) is 7.14. The van der Waals surface area contributed by atoms with Gasteiger partial charge >= 0.3 is 0 Å². The van der Waals surface area contributed by atoms with E-state index in [9.17, 15) is 4.79 Å². The van der Waals surface area contributed by atoms with Gasteiger partial charge in [-0.3, -0.25) is 9.79 Å². The molecule has 8 heteroatoms. The predicted molar refractivity (Wildman–Crippen MR) is 119 cm³/mol. The van der Waals surface area contributed by atoms with E-state index in [0.717, 1.165) is 37.0 Å². The van der Waals surface area contributed by atoms with Crippen LogP contribution in [0.5, 0.6) is 0 Å². The molecule has 3 rings (SSSR count). The molecule has 3 N–H and O–H groups in total. The fourth-order valence-electron chi connectivity index (χ4n) is 3.22. The smallest absolute Gasteiger partial charge is 0.251 e. The third-order valence-corrected chi connectivity index (χ3v) is 5.11. The molecule has 0 radical (unpaired) electrons. The van der Waals surface area contributed by atoms with Crippen molar-refractivity contribution in [3.8, 4) is 0 Å². The van der Waals surface area contributed by atoms with E-state index in [0.29, 0.717) is 36.3 Å². The first-order chi connectivity index (χ1) is 14.6. The molecular formula is C22H28ClN5O2. The maximum atomic E-state index is 12.4. The quantitative estimate of drug-likeness (QED) is 0.341. The van der Waals surface area contributed by atoms with Crippen LogP contribution in [-0.4, -0.2) is 49.7 Å². The second kappa shape index (κ2) is 11.5. The van der Waals surface area contributed by atoms with E-state index in [-0.39, 0.29) is 12.0 Å². The highest BCUT2D eigenvalue weighted by Crippen LogP contribution is 2.11. The van der Waals surface area contributed by atoms with Crippen LogP contribution in [-0.2, 0) is 17.7 Å². The van der Waals surface area contributed by atoms with Crippen LogP contribution in [0.2, 0.25) is 5.15 Å². The van der Waals surface area contributed by atoms with E-state index in [1.165, 1.54) is 0 Å². The van der Waals surface area contributed by atoms with Crippen LogP contribution in [0.1, 0.15) is 34.3 Å². The van der Waals surface area contributed by atoms with Crippen LogP contribution in [0, 0.1) is 0 Å². The van der Waals surface area contributed by atoms with Crippen molar-refractivity contribution in [3.63, 3.8) is 0 Å². The first-order valence-corrected chi connectivity index (χ1v) is 10.6. The molecule has 1 aliphatic heterocycles. The number of pyridine rings is 1. The third-order valence-electron chi connectivity index (χ3n) is 4.88. The maximum Gasteiger partial charge on any atom is 0.251 e. The highest BCUT2D eigenvalue weighted by atomic mass is 35.5. The largest absolute Gasteiger partial charge is 0.376 e. The number of carbonyl (C=O) groups excluding carboxylic acids is 1. The van der Waals surface area contributed by atoms with Crippen LogP contribution >= 0.6 is 11.6 Å². The SMILES string of the molecule is CN=C(NCCc1ccc(Cl)nc1)NCc1cccc(C(=O)NCC2CCCO2)c1. The van der Waals surface area contributed by atoms with Gasteiger partial charge in [-0.15, -0.1) is 0 Å². The number of ether oxygens (including phenoxy) is 1. The van der Waals surface area contributed by atoms with E-state index in [1.54, 1.807) is 19.3 Å². The van der Waals surface area contributed by atoms with Gasteiger partial charge < -0.3 is 20.7 Å². The molecule has 1 unspecified atom stereocenters. The number of nitrogens with zero attached hydrogens (tertiary/aromatic N) is 2. The lowest BCUT2D eigenvalue weighted by atomic mass is 10.1. The van der Waals surface area contributed by atoms with Gasteiger partial charge in [0.05, 0.1) is 6.10 Å². The average molecular weight is 430 g/mol. The molecule has 160 valence electrons. The lowest BCUT2D eigenvalue weighted by molar-refractivity contribution is 0.0857. The Bertz CT molecular complexity index is 851. The van der Waals surface area contributed by atoms with Crippen molar-refractivity contribution in [3.05, 3.63) is 64.4 Å². The fourth-order valence-corrected chi connectivity index (χ4v) is 3.33. The Balaban J connectivity index is 1.43. The lowest BCUT2D eigenvalue weighted by Crippen LogP contribution is -2.38. The average Bonchev–Trinajstić information content (AvgIpc) is 3.29. The van der Waals surface area contributed by atoms with Gasteiger partial charge in [-0.1, -0.05) is 29.8 Å². The minimum Gasteiger partial charge on any atom is -0.376 e. The van der Waals surface area contributed by atoms with Crippen molar-refractivity contribution in [2.75, 3.05) is 26.7 Å². The molecule has 0 bridgehead atoms. The van der Waals surface area contributed by atoms with E-state index in [4.69, 9.17) is 16.3 Å². The van der Waals surface area contributed by atoms with E-state index >= 15 is 0 Å². The molecule has 0 spiro atoms. The number of hydrogen-bond donors (Lipinski definition) is 3. The summed E-state index contributed by atoms with van der Waals surface area (Å²) in [5, 5.41) is 10.0. The number of benzene rings is 1. The van der Waals surface area contributed by atoms with Crippen LogP contribution < -0.4 is 16.0 Å². The molecule has 1 amide bonds. The second-order valence-corrected chi connectivity index (χ2v) is 7.52. The van der Waals surface area contributed by atoms with Gasteiger partial charge in [-0.05, 0) is 48.6 Å². The highest BCUT2D eigenvalue weighted by Gasteiger charge is 2.16. The zero-order valence-electron chi connectivity index (χ0n) is 17.2. The lowest BCUT2D eigenvalue weighted by Gasteiger charge is -2.13. The van der Waals surface area contributed by atoms with Crippen molar-refractivity contribution in [2.24, 2.45) is 4.99 Å². The van der Waals surface area contributed by atoms with Crippen molar-refractivity contribution >= 4 is 23.5 Å². The number of hydrogen-bond acceptors (Lipinski definition) is 4. The van der Waals surface area contributed by atoms with Gasteiger partial charge in [-0.2, -0.15) is 0 Å². The molecule has 1 aliphatic rings. The minimum atomic E-state index is -0.0774. The van der Waals surface area contributed by atoms with Gasteiger partial charge in [0.1, 0.15) is 5.15 Å². The van der Waals surface area contributed by atoms with Crippen molar-refractivity contribution in [2.45, 2.75) is 31.9 Å². The number of carbonyl (C=O) groups is 1. The van der Waals surface area contributed by atoms with E-state index < -0.39 is 0 Å². The predicted octanol–water partition coefficient (Wildman–Crippen LogP) is 2.55. The van der Waals surface area contributed by atoms with Crippen LogP contribution in [0.15, 0.2) is 47.6 Å². The fraction of sp³-hybridized carbons (Fsp3) is 0.409. The number of amides is 1. The molecule has 30 heavy (non-hydrogen) atoms. The van der Waals surface area contributed by atoms with Gasteiger partial charge in [0.25, 0.3) is 5.91 Å². The summed E-state index contributed by atoms with van der Waals surface area (Å²) in [4.78, 5) is 20.7. The number of aliphatic imine (C=N–C) groups is 1. The molecule has 2 heterocycles. The number of aromatic nitrogens is 1. The van der Waals surface area contributed by atoms with Gasteiger partial charge in [0, 0.05) is 45.0 Å². The molecule has 0 aliphatic carbocycles. The molecule has 1 fully saturated rings. The standard InChI is InChI=1S/C22H28ClN5O2/c1-24-22(25-10-9-16-7-8-20(23)26-13-16)28-14-17-4-2-5-18(12-17)21(29)27-15-19-6-3-11-30-19/h2,4-5,7-8,12-13,19H,3,6,9-11,14-15H2,1H3,(H,27,29)(H2,24,25,28). The summed E-state index contributed by atoms with van der Waals surface area (Å²) in [6.45, 7) is 2.62. The Morgan fingerprint density at radius 3 is 2.87 bits per heavy atom. The van der Waals surface area contributed by atoms with Gasteiger partial charge in [0.15, 0.2) is 5.96 Å². The third kappa shape index (κ3) is 7.00. The summed E-state index contributed by atoms with van der Waals surface area (Å²) in [6.07, 6.45) is 4.79. The summed E-state index contributed by atoms with van der Waals surface area (Å²) in [5.41, 5.74) is 2.75. The number of halogens is 1. The van der Waals surface area contributed by atoms with E-state index in [2.05, 4.69) is 25.9 Å². The topological polar surface area (TPSA) is 87.6 Å². The molecule has 1 aromatic heterocycles. The number of nitrogens with one attached hydrogen (secondary N) is 3. The molecule has 1 aromatic carbocycles. The monoisotopic (exact) mass is 429 g/mol. The Labute approximate surface area is 182 Å². The Kier molecular flexibility index (Phi) is 8.47. The Morgan fingerprint density at radius 1 is 1.23 bits per heavy atom. The molecule has 1 saturated heterocycles. The molecule has 0 saturated carbocycles. The summed E-state index contributed by atoms with van der Waals surface area (Å²) in [7, 11) is 1.73. The summed E-state index contributed by atoms with van der Waals surface area (Å²) in [5.74, 6) is 0.622.